The van der Waals surface area contributed by atoms with E-state index >= 15 is 0 Å². The van der Waals surface area contributed by atoms with Crippen LogP contribution < -0.4 is 5.32 Å². The van der Waals surface area contributed by atoms with Gasteiger partial charge in [-0.05, 0) is 60.0 Å². The fourth-order valence-corrected chi connectivity index (χ4v) is 8.49. The topological polar surface area (TPSA) is 288 Å². The highest BCUT2D eigenvalue weighted by molar-refractivity contribution is 7.92. The Hall–Kier alpha value is -5.10. The van der Waals surface area contributed by atoms with Gasteiger partial charge in [0.1, 0.15) is 27.6 Å². The van der Waals surface area contributed by atoms with Gasteiger partial charge < -0.3 is 15.5 Å². The summed E-state index contributed by atoms with van der Waals surface area (Å²) in [5.74, 6) is -2.16. The number of nitrogens with one attached hydrogen (secondary N) is 1. The third-order valence-corrected chi connectivity index (χ3v) is 12.5. The quantitative estimate of drug-likeness (QED) is 0.0683. The number of anilines is 1. The van der Waals surface area contributed by atoms with E-state index in [1.54, 1.807) is 7.05 Å². The molecule has 0 aromatic heterocycles. The second kappa shape index (κ2) is 14.7. The Labute approximate surface area is 303 Å². The fraction of sp³-hybridized carbons (Fsp3) is 0.161. The second-order valence-corrected chi connectivity index (χ2v) is 17.8. The summed E-state index contributed by atoms with van der Waals surface area (Å²) in [4.78, 5) is -1.50. The van der Waals surface area contributed by atoms with Crippen LogP contribution in [0.1, 0.15) is 6.92 Å². The number of azo groups is 2. The van der Waals surface area contributed by atoms with Crippen molar-refractivity contribution in [2.24, 2.45) is 20.5 Å². The summed E-state index contributed by atoms with van der Waals surface area (Å²) in [6.07, 6.45) is 0. The minimum Gasteiger partial charge on any atom is -0.505 e. The maximum atomic E-state index is 13.0. The van der Waals surface area contributed by atoms with Crippen LogP contribution >= 0.6 is 0 Å². The van der Waals surface area contributed by atoms with E-state index in [0.29, 0.717) is 11.1 Å². The number of aromatic hydroxyl groups is 2. The van der Waals surface area contributed by atoms with Gasteiger partial charge in [-0.1, -0.05) is 25.1 Å². The minimum absolute atomic E-state index is 0.0956. The lowest BCUT2D eigenvalue weighted by Crippen LogP contribution is -2.15. The van der Waals surface area contributed by atoms with E-state index < -0.39 is 68.9 Å². The monoisotopic (exact) mass is 807 g/mol. The predicted octanol–water partition coefficient (Wildman–Crippen LogP) is 5.91. The van der Waals surface area contributed by atoms with Crippen molar-refractivity contribution in [3.05, 3.63) is 72.8 Å². The first kappa shape index (κ1) is 39.1. The van der Waals surface area contributed by atoms with Gasteiger partial charge >= 0.3 is 10.4 Å². The highest BCUT2D eigenvalue weighted by Gasteiger charge is 2.24. The lowest BCUT2D eigenvalue weighted by Gasteiger charge is -2.11. The summed E-state index contributed by atoms with van der Waals surface area (Å²) in [5, 5.41) is 42.0. The van der Waals surface area contributed by atoms with Crippen LogP contribution in [0.5, 0.6) is 11.5 Å². The van der Waals surface area contributed by atoms with Gasteiger partial charge in [-0.3, -0.25) is 9.11 Å². The lowest BCUT2D eigenvalue weighted by molar-refractivity contribution is 0.284. The average Bonchev–Trinajstić information content (AvgIpc) is 3.09. The Morgan fingerprint density at radius 2 is 1.30 bits per heavy atom. The molecule has 53 heavy (non-hydrogen) atoms. The molecule has 0 unspecified atom stereocenters. The maximum Gasteiger partial charge on any atom is 0.397 e. The molecule has 0 aliphatic carbocycles. The van der Waals surface area contributed by atoms with Crippen LogP contribution in [0.3, 0.4) is 0 Å². The van der Waals surface area contributed by atoms with E-state index in [1.165, 1.54) is 61.5 Å². The zero-order valence-electron chi connectivity index (χ0n) is 27.4. The highest BCUT2D eigenvalue weighted by Crippen LogP contribution is 2.44. The molecule has 5 N–H and O–H groups in total. The molecule has 5 aromatic carbocycles. The first-order valence-electron chi connectivity index (χ1n) is 15.0. The summed E-state index contributed by atoms with van der Waals surface area (Å²) in [5.41, 5.74) is -0.167. The Morgan fingerprint density at radius 3 is 1.94 bits per heavy atom. The van der Waals surface area contributed by atoms with E-state index in [2.05, 4.69) is 30.0 Å². The number of nitrogens with zero attached hydrogens (tertiary/aromatic N) is 4. The third-order valence-electron chi connectivity index (χ3n) is 7.74. The Kier molecular flexibility index (Phi) is 10.9. The van der Waals surface area contributed by atoms with E-state index in [9.17, 15) is 48.4 Å². The fourth-order valence-electron chi connectivity index (χ4n) is 5.12. The van der Waals surface area contributed by atoms with Crippen molar-refractivity contribution in [2.45, 2.75) is 21.6 Å². The van der Waals surface area contributed by atoms with E-state index in [4.69, 9.17) is 4.55 Å². The molecule has 18 nitrogen and oxygen atoms in total. The van der Waals surface area contributed by atoms with E-state index in [-0.39, 0.29) is 54.5 Å². The molecule has 0 saturated heterocycles. The average molecular weight is 808 g/mol. The number of benzene rings is 5. The lowest BCUT2D eigenvalue weighted by atomic mass is 10.1. The van der Waals surface area contributed by atoms with Gasteiger partial charge in [0.05, 0.1) is 33.6 Å². The standard InChI is InChI=1S/C31H29N5O13S4/c1-3-50(39,40)19-8-12-22(27(17-19)52(43,44)45)33-36-29-20-9-14-24(30(37)21(20)10-13-23(29)32-2)34-35-25-11-7-18-5-4-6-26(28(18)31(25)38)51(41,42)16-15-49-53(46,47)48/h4-14,17,32,37-38H,3,15-16H2,1-2H3,(H,43,44,45)(H,46,47,48). The van der Waals surface area contributed by atoms with E-state index in [0.717, 1.165) is 18.2 Å². The molecular weight excluding hydrogens is 779 g/mol. The Morgan fingerprint density at radius 1 is 0.679 bits per heavy atom. The Balaban J connectivity index is 1.54. The number of hydrogen-bond acceptors (Lipinski definition) is 16. The summed E-state index contributed by atoms with van der Waals surface area (Å²) in [7, 11) is -16.4. The zero-order valence-corrected chi connectivity index (χ0v) is 30.7. The number of hydrogen-bond donors (Lipinski definition) is 5. The summed E-state index contributed by atoms with van der Waals surface area (Å²) in [6, 6.07) is 15.8. The van der Waals surface area contributed by atoms with Gasteiger partial charge in [0, 0.05) is 23.2 Å². The SMILES string of the molecule is CCS(=O)(=O)c1ccc(N=Nc2c(NC)ccc3c(O)c(N=Nc4ccc5cccc(S(=O)(=O)CCOS(=O)(=O)O)c5c4O)ccc23)c(S(=O)(=O)O)c1. The zero-order chi connectivity index (χ0) is 38.9. The molecule has 0 fully saturated rings. The molecule has 0 aliphatic rings. The molecular formula is C31H29N5O13S4. The van der Waals surface area contributed by atoms with Gasteiger partial charge in [-0.2, -0.15) is 16.8 Å². The van der Waals surface area contributed by atoms with Crippen molar-refractivity contribution >= 4 is 90.2 Å². The van der Waals surface area contributed by atoms with Crippen molar-refractivity contribution in [1.82, 2.24) is 0 Å². The molecule has 0 saturated carbocycles. The molecule has 22 heteroatoms. The van der Waals surface area contributed by atoms with Gasteiger partial charge in [0.25, 0.3) is 10.1 Å². The van der Waals surface area contributed by atoms with Crippen molar-refractivity contribution < 1.29 is 57.2 Å². The predicted molar refractivity (Wildman–Crippen MR) is 193 cm³/mol. The smallest absolute Gasteiger partial charge is 0.397 e. The molecule has 280 valence electrons. The molecule has 5 rings (SSSR count). The van der Waals surface area contributed by atoms with Gasteiger partial charge in [0.15, 0.2) is 31.2 Å². The summed E-state index contributed by atoms with van der Waals surface area (Å²) in [6.45, 7) is 0.484. The molecule has 5 aromatic rings. The Bertz CT molecular complexity index is 2790. The molecule has 0 radical (unpaired) electrons. The van der Waals surface area contributed by atoms with Crippen molar-refractivity contribution in [2.75, 3.05) is 30.5 Å². The number of fused-ring (bicyclic) bond motifs is 2. The van der Waals surface area contributed by atoms with Gasteiger partial charge in [-0.25, -0.2) is 21.0 Å². The number of phenols is 2. The first-order chi connectivity index (χ1) is 24.8. The van der Waals surface area contributed by atoms with Crippen molar-refractivity contribution in [3.63, 3.8) is 0 Å². The van der Waals surface area contributed by atoms with Crippen LogP contribution in [-0.4, -0.2) is 78.2 Å². The molecule has 0 atom stereocenters. The molecule has 0 aliphatic heterocycles. The van der Waals surface area contributed by atoms with Crippen LogP contribution in [0.15, 0.2) is 108 Å². The largest absolute Gasteiger partial charge is 0.505 e. The van der Waals surface area contributed by atoms with Crippen LogP contribution in [-0.2, 0) is 44.4 Å². The van der Waals surface area contributed by atoms with Crippen molar-refractivity contribution in [3.8, 4) is 11.5 Å². The van der Waals surface area contributed by atoms with Crippen LogP contribution in [0.25, 0.3) is 21.5 Å². The molecule has 0 bridgehead atoms. The highest BCUT2D eigenvalue weighted by atomic mass is 32.3. The molecule has 0 amide bonds. The third kappa shape index (κ3) is 8.43. The minimum atomic E-state index is -4.94. The first-order valence-corrected chi connectivity index (χ1v) is 21.1. The normalized spacial score (nSPS) is 13.1. The van der Waals surface area contributed by atoms with Crippen LogP contribution in [0, 0.1) is 0 Å². The van der Waals surface area contributed by atoms with Crippen LogP contribution in [0.4, 0.5) is 28.4 Å². The van der Waals surface area contributed by atoms with Gasteiger partial charge in [0.2, 0.25) is 0 Å². The number of sulfone groups is 2. The van der Waals surface area contributed by atoms with Crippen LogP contribution in [0.2, 0.25) is 0 Å². The molecule has 0 heterocycles. The van der Waals surface area contributed by atoms with Crippen molar-refractivity contribution in [1.29, 1.82) is 0 Å². The molecule has 0 spiro atoms. The maximum absolute atomic E-state index is 13.0. The van der Waals surface area contributed by atoms with E-state index in [1.807, 2.05) is 0 Å². The summed E-state index contributed by atoms with van der Waals surface area (Å²) >= 11 is 0. The number of phenolic OH excluding ortho intramolecular Hbond substituents is 2. The summed E-state index contributed by atoms with van der Waals surface area (Å²) < 4.78 is 119. The number of rotatable bonds is 13. The second-order valence-electron chi connectivity index (χ2n) is 11.0. The van der Waals surface area contributed by atoms with Gasteiger partial charge in [-0.15, -0.1) is 20.5 Å².